The molecule has 1 unspecified atom stereocenters. The van der Waals surface area contributed by atoms with E-state index in [-0.39, 0.29) is 6.04 Å². The minimum atomic E-state index is -0.347. The molecule has 0 saturated carbocycles. The molecule has 0 heterocycles. The molecule has 1 atom stereocenters. The zero-order valence-corrected chi connectivity index (χ0v) is 18.2. The van der Waals surface area contributed by atoms with Crippen LogP contribution in [0.15, 0.2) is 91.0 Å². The maximum absolute atomic E-state index is 6.79. The summed E-state index contributed by atoms with van der Waals surface area (Å²) < 4.78 is 0. The van der Waals surface area contributed by atoms with Gasteiger partial charge in [-0.25, -0.2) is 0 Å². The molecule has 4 heteroatoms. The van der Waals surface area contributed by atoms with Gasteiger partial charge in [0.15, 0.2) is 0 Å². The van der Waals surface area contributed by atoms with E-state index in [1.165, 1.54) is 5.56 Å². The van der Waals surface area contributed by atoms with Crippen molar-refractivity contribution in [2.45, 2.75) is 25.3 Å². The second-order valence-corrected chi connectivity index (χ2v) is 8.23. The predicted octanol–water partition coefficient (Wildman–Crippen LogP) is 4.86. The fourth-order valence-corrected chi connectivity index (χ4v) is 4.31. The summed E-state index contributed by atoms with van der Waals surface area (Å²) in [4.78, 5) is 0. The molecular formula is C28H30N4. The Hall–Kier alpha value is -3.76. The first kappa shape index (κ1) is 21.5. The van der Waals surface area contributed by atoms with Crippen molar-refractivity contribution in [2.24, 2.45) is 5.73 Å². The van der Waals surface area contributed by atoms with Crippen molar-refractivity contribution in [1.29, 1.82) is 0 Å². The zero-order chi connectivity index (χ0) is 22.5. The van der Waals surface area contributed by atoms with Crippen LogP contribution in [0.25, 0.3) is 0 Å². The minimum Gasteiger partial charge on any atom is -0.398 e. The van der Waals surface area contributed by atoms with Gasteiger partial charge in [0.05, 0.1) is 11.4 Å². The largest absolute Gasteiger partial charge is 0.398 e. The van der Waals surface area contributed by atoms with Crippen LogP contribution >= 0.6 is 0 Å². The molecule has 32 heavy (non-hydrogen) atoms. The van der Waals surface area contributed by atoms with E-state index in [0.29, 0.717) is 36.3 Å². The molecule has 0 aliphatic heterocycles. The third-order valence-corrected chi connectivity index (χ3v) is 6.00. The summed E-state index contributed by atoms with van der Waals surface area (Å²) in [5.74, 6) is 0. The van der Waals surface area contributed by atoms with Gasteiger partial charge in [-0.2, -0.15) is 0 Å². The molecule has 0 amide bonds. The van der Waals surface area contributed by atoms with E-state index in [1.807, 2.05) is 54.6 Å². The van der Waals surface area contributed by atoms with Gasteiger partial charge in [-0.1, -0.05) is 91.0 Å². The summed E-state index contributed by atoms with van der Waals surface area (Å²) >= 11 is 0. The molecule has 4 aromatic rings. The van der Waals surface area contributed by atoms with Crippen LogP contribution in [0.1, 0.15) is 39.4 Å². The molecular weight excluding hydrogens is 392 g/mol. The number of rotatable bonds is 7. The van der Waals surface area contributed by atoms with Gasteiger partial charge in [-0.05, 0) is 47.1 Å². The highest BCUT2D eigenvalue weighted by molar-refractivity contribution is 5.82. The molecule has 0 aliphatic rings. The fourth-order valence-electron chi connectivity index (χ4n) is 4.31. The summed E-state index contributed by atoms with van der Waals surface area (Å²) in [6.07, 6.45) is 1.97. The van der Waals surface area contributed by atoms with Crippen LogP contribution in [0.5, 0.6) is 0 Å². The topological polar surface area (TPSA) is 104 Å². The monoisotopic (exact) mass is 422 g/mol. The lowest BCUT2D eigenvalue weighted by atomic mass is 9.86. The molecule has 4 aromatic carbocycles. The first-order valence-corrected chi connectivity index (χ1v) is 10.9. The van der Waals surface area contributed by atoms with Crippen LogP contribution in [-0.2, 0) is 19.3 Å². The van der Waals surface area contributed by atoms with E-state index in [0.717, 1.165) is 27.8 Å². The molecule has 8 N–H and O–H groups in total. The Bertz CT molecular complexity index is 1170. The fraction of sp³-hybridized carbons (Fsp3) is 0.143. The molecule has 0 radical (unpaired) electrons. The number of hydrogen-bond acceptors (Lipinski definition) is 4. The average molecular weight is 423 g/mol. The summed E-state index contributed by atoms with van der Waals surface area (Å²) in [6.45, 7) is 0. The van der Waals surface area contributed by atoms with Crippen LogP contribution in [0.3, 0.4) is 0 Å². The Kier molecular flexibility index (Phi) is 6.43. The Labute approximate surface area is 189 Å². The molecule has 0 bridgehead atoms. The van der Waals surface area contributed by atoms with Crippen LogP contribution in [0, 0.1) is 0 Å². The number of nitrogen functional groups attached to an aromatic ring is 3. The van der Waals surface area contributed by atoms with Gasteiger partial charge < -0.3 is 22.9 Å². The smallest absolute Gasteiger partial charge is 0.0620 e. The van der Waals surface area contributed by atoms with Crippen LogP contribution in [0.4, 0.5) is 17.1 Å². The summed E-state index contributed by atoms with van der Waals surface area (Å²) in [7, 11) is 0. The van der Waals surface area contributed by atoms with Gasteiger partial charge in [0.1, 0.15) is 0 Å². The van der Waals surface area contributed by atoms with E-state index >= 15 is 0 Å². The van der Waals surface area contributed by atoms with Crippen molar-refractivity contribution < 1.29 is 0 Å². The quantitative estimate of drug-likeness (QED) is 0.319. The number of anilines is 3. The highest BCUT2D eigenvalue weighted by Crippen LogP contribution is 2.40. The Morgan fingerprint density at radius 3 is 1.38 bits per heavy atom. The zero-order valence-electron chi connectivity index (χ0n) is 18.2. The van der Waals surface area contributed by atoms with Gasteiger partial charge in [-0.3, -0.25) is 0 Å². The second kappa shape index (κ2) is 9.58. The highest BCUT2D eigenvalue weighted by Gasteiger charge is 2.23. The molecule has 0 saturated heterocycles. The van der Waals surface area contributed by atoms with Crippen molar-refractivity contribution in [1.82, 2.24) is 0 Å². The molecule has 4 rings (SSSR count). The summed E-state index contributed by atoms with van der Waals surface area (Å²) in [5.41, 5.74) is 34.6. The van der Waals surface area contributed by atoms with Gasteiger partial charge in [0.2, 0.25) is 0 Å². The average Bonchev–Trinajstić information content (AvgIpc) is 2.82. The van der Waals surface area contributed by atoms with Gasteiger partial charge >= 0.3 is 0 Å². The molecule has 162 valence electrons. The molecule has 0 aromatic heterocycles. The van der Waals surface area contributed by atoms with Crippen LogP contribution < -0.4 is 22.9 Å². The Balaban J connectivity index is 1.81. The standard InChI is InChI=1S/C28H30N4/c29-24(18-21-14-8-3-9-15-21)25-26(30)22(16-19-10-4-1-5-11-19)23(27(31)28(25)32)17-20-12-6-2-7-13-20/h1-15,24H,16-18,29-32H2. The SMILES string of the molecule is Nc1c(N)c(C(N)Cc2ccccc2)c(N)c(Cc2ccccc2)c1Cc1ccccc1. The molecule has 0 fully saturated rings. The van der Waals surface area contributed by atoms with Crippen molar-refractivity contribution >= 4 is 17.1 Å². The normalized spacial score (nSPS) is 11.9. The van der Waals surface area contributed by atoms with Crippen LogP contribution in [0.2, 0.25) is 0 Å². The lowest BCUT2D eigenvalue weighted by Gasteiger charge is -2.25. The van der Waals surface area contributed by atoms with Gasteiger partial charge in [0, 0.05) is 17.3 Å². The van der Waals surface area contributed by atoms with E-state index in [9.17, 15) is 0 Å². The number of nitrogens with two attached hydrogens (primary N) is 4. The molecule has 4 nitrogen and oxygen atoms in total. The third kappa shape index (κ3) is 4.61. The number of hydrogen-bond donors (Lipinski definition) is 4. The lowest BCUT2D eigenvalue weighted by molar-refractivity contribution is 0.725. The second-order valence-electron chi connectivity index (χ2n) is 8.23. The number of benzene rings is 4. The van der Waals surface area contributed by atoms with Gasteiger partial charge in [0.25, 0.3) is 0 Å². The van der Waals surface area contributed by atoms with Crippen molar-refractivity contribution in [3.8, 4) is 0 Å². The first-order valence-electron chi connectivity index (χ1n) is 10.9. The van der Waals surface area contributed by atoms with E-state index < -0.39 is 0 Å². The minimum absolute atomic E-state index is 0.347. The van der Waals surface area contributed by atoms with E-state index in [1.54, 1.807) is 0 Å². The van der Waals surface area contributed by atoms with Crippen molar-refractivity contribution in [3.63, 3.8) is 0 Å². The van der Waals surface area contributed by atoms with E-state index in [2.05, 4.69) is 36.4 Å². The molecule has 0 spiro atoms. The van der Waals surface area contributed by atoms with Crippen LogP contribution in [-0.4, -0.2) is 0 Å². The Morgan fingerprint density at radius 2 is 0.906 bits per heavy atom. The Morgan fingerprint density at radius 1 is 0.500 bits per heavy atom. The van der Waals surface area contributed by atoms with Crippen molar-refractivity contribution in [2.75, 3.05) is 17.2 Å². The van der Waals surface area contributed by atoms with Gasteiger partial charge in [-0.15, -0.1) is 0 Å². The first-order chi connectivity index (χ1) is 15.5. The molecule has 0 aliphatic carbocycles. The lowest BCUT2D eigenvalue weighted by Crippen LogP contribution is -2.21. The predicted molar refractivity (Wildman–Crippen MR) is 135 cm³/mol. The maximum atomic E-state index is 6.79. The summed E-state index contributed by atoms with van der Waals surface area (Å²) in [6, 6.07) is 30.3. The summed E-state index contributed by atoms with van der Waals surface area (Å²) in [5, 5.41) is 0. The van der Waals surface area contributed by atoms with E-state index in [4.69, 9.17) is 22.9 Å². The highest BCUT2D eigenvalue weighted by atomic mass is 14.8. The third-order valence-electron chi connectivity index (χ3n) is 6.00. The maximum Gasteiger partial charge on any atom is 0.0620 e. The van der Waals surface area contributed by atoms with Crippen molar-refractivity contribution in [3.05, 3.63) is 124 Å².